The smallest absolute Gasteiger partial charge is 0.310 e. The molecule has 0 aliphatic carbocycles. The lowest BCUT2D eigenvalue weighted by Crippen LogP contribution is -2.08. The van der Waals surface area contributed by atoms with E-state index in [9.17, 15) is 4.79 Å². The average Bonchev–Trinajstić information content (AvgIpc) is 2.46. The number of carboxylic acids is 1. The number of carbonyl (C=O) groups is 1. The third kappa shape index (κ3) is 3.02. The van der Waals surface area contributed by atoms with E-state index in [1.807, 2.05) is 36.4 Å². The minimum absolute atomic E-state index is 0.266. The van der Waals surface area contributed by atoms with E-state index in [1.54, 1.807) is 6.92 Å². The highest BCUT2D eigenvalue weighted by Gasteiger charge is 2.15. The van der Waals surface area contributed by atoms with E-state index < -0.39 is 11.9 Å². The van der Waals surface area contributed by atoms with Crippen LogP contribution in [0, 0.1) is 0 Å². The van der Waals surface area contributed by atoms with E-state index in [2.05, 4.69) is 25.1 Å². The number of hydrogen-bond acceptors (Lipinski definition) is 1. The quantitative estimate of drug-likeness (QED) is 0.894. The number of aliphatic carboxylic acids is 1. The van der Waals surface area contributed by atoms with E-state index in [1.165, 1.54) is 5.56 Å². The lowest BCUT2D eigenvalue weighted by atomic mass is 9.90. The first kappa shape index (κ1) is 13.3. The van der Waals surface area contributed by atoms with Crippen LogP contribution < -0.4 is 0 Å². The van der Waals surface area contributed by atoms with Crippen molar-refractivity contribution in [2.24, 2.45) is 0 Å². The summed E-state index contributed by atoms with van der Waals surface area (Å²) in [6.45, 7) is 3.86. The average molecular weight is 254 g/mol. The first-order valence-electron chi connectivity index (χ1n) is 6.47. The van der Waals surface area contributed by atoms with Gasteiger partial charge in [0.25, 0.3) is 0 Å². The normalized spacial score (nSPS) is 13.8. The minimum Gasteiger partial charge on any atom is -0.481 e. The van der Waals surface area contributed by atoms with Gasteiger partial charge < -0.3 is 5.11 Å². The third-order valence-electron chi connectivity index (χ3n) is 3.58. The zero-order valence-corrected chi connectivity index (χ0v) is 11.2. The molecule has 0 bridgehead atoms. The highest BCUT2D eigenvalue weighted by atomic mass is 16.4. The molecule has 2 nitrogen and oxygen atoms in total. The summed E-state index contributed by atoms with van der Waals surface area (Å²) in [5.74, 6) is -0.991. The molecule has 2 aromatic carbocycles. The van der Waals surface area contributed by atoms with Crippen molar-refractivity contribution in [3.63, 3.8) is 0 Å². The molecule has 0 amide bonds. The molecule has 2 rings (SSSR count). The fraction of sp³-hybridized carbons (Fsp3) is 0.235. The molecular weight excluding hydrogens is 236 g/mol. The maximum Gasteiger partial charge on any atom is 0.310 e. The van der Waals surface area contributed by atoms with Crippen LogP contribution in [0.2, 0.25) is 0 Å². The van der Waals surface area contributed by atoms with Gasteiger partial charge in [-0.2, -0.15) is 0 Å². The molecule has 1 N–H and O–H groups in total. The molecule has 0 heterocycles. The van der Waals surface area contributed by atoms with E-state index in [-0.39, 0.29) is 5.92 Å². The highest BCUT2D eigenvalue weighted by Crippen LogP contribution is 2.26. The molecule has 0 aliphatic heterocycles. The highest BCUT2D eigenvalue weighted by molar-refractivity contribution is 5.75. The summed E-state index contributed by atoms with van der Waals surface area (Å²) in [6.07, 6.45) is 0. The molecule has 19 heavy (non-hydrogen) atoms. The van der Waals surface area contributed by atoms with Gasteiger partial charge in [-0.3, -0.25) is 4.79 Å². The second-order valence-electron chi connectivity index (χ2n) is 4.86. The van der Waals surface area contributed by atoms with Gasteiger partial charge in [0.15, 0.2) is 0 Å². The molecular formula is C17H18O2. The van der Waals surface area contributed by atoms with Crippen LogP contribution in [0.3, 0.4) is 0 Å². The van der Waals surface area contributed by atoms with Crippen LogP contribution in [0.15, 0.2) is 54.6 Å². The molecule has 2 aromatic rings. The van der Waals surface area contributed by atoms with Crippen molar-refractivity contribution in [2.75, 3.05) is 0 Å². The van der Waals surface area contributed by atoms with Crippen molar-refractivity contribution in [1.82, 2.24) is 0 Å². The summed E-state index contributed by atoms with van der Waals surface area (Å²) < 4.78 is 0. The fourth-order valence-electron chi connectivity index (χ4n) is 2.17. The summed E-state index contributed by atoms with van der Waals surface area (Å²) >= 11 is 0. The maximum atomic E-state index is 11.1. The zero-order valence-electron chi connectivity index (χ0n) is 11.2. The van der Waals surface area contributed by atoms with Crippen molar-refractivity contribution in [2.45, 2.75) is 25.7 Å². The summed E-state index contributed by atoms with van der Waals surface area (Å²) in [5, 5.41) is 9.08. The van der Waals surface area contributed by atoms with Crippen LogP contribution in [-0.2, 0) is 4.79 Å². The van der Waals surface area contributed by atoms with Gasteiger partial charge in [-0.25, -0.2) is 0 Å². The molecule has 0 radical (unpaired) electrons. The number of carboxylic acid groups (broad SMARTS) is 1. The van der Waals surface area contributed by atoms with Crippen LogP contribution in [-0.4, -0.2) is 11.1 Å². The standard InChI is InChI=1S/C17H18O2/c1-12(14-7-4-3-5-8-14)15-9-6-10-16(11-15)13(2)17(18)19/h3-13H,1-2H3,(H,18,19). The van der Waals surface area contributed by atoms with Crippen molar-refractivity contribution in [1.29, 1.82) is 0 Å². The van der Waals surface area contributed by atoms with Gasteiger partial charge in [-0.05, 0) is 23.6 Å². The Kier molecular flexibility index (Phi) is 4.00. The summed E-state index contributed by atoms with van der Waals surface area (Å²) in [4.78, 5) is 11.1. The minimum atomic E-state index is -0.787. The Bertz CT molecular complexity index is 560. The molecule has 2 atom stereocenters. The number of benzene rings is 2. The maximum absolute atomic E-state index is 11.1. The Morgan fingerprint density at radius 1 is 0.895 bits per heavy atom. The predicted molar refractivity (Wildman–Crippen MR) is 76.5 cm³/mol. The molecule has 0 aliphatic rings. The first-order valence-corrected chi connectivity index (χ1v) is 6.47. The van der Waals surface area contributed by atoms with Crippen molar-refractivity contribution >= 4 is 5.97 Å². The molecule has 0 saturated heterocycles. The van der Waals surface area contributed by atoms with Crippen LogP contribution in [0.4, 0.5) is 0 Å². The van der Waals surface area contributed by atoms with E-state index >= 15 is 0 Å². The molecule has 0 saturated carbocycles. The number of rotatable bonds is 4. The van der Waals surface area contributed by atoms with Crippen molar-refractivity contribution in [3.8, 4) is 0 Å². The summed E-state index contributed by atoms with van der Waals surface area (Å²) in [5.41, 5.74) is 3.24. The van der Waals surface area contributed by atoms with Crippen molar-refractivity contribution < 1.29 is 9.90 Å². The first-order chi connectivity index (χ1) is 9.09. The van der Waals surface area contributed by atoms with Gasteiger partial charge in [-0.1, -0.05) is 61.5 Å². The Labute approximate surface area is 113 Å². The van der Waals surface area contributed by atoms with Gasteiger partial charge >= 0.3 is 5.97 Å². The van der Waals surface area contributed by atoms with Crippen LogP contribution in [0.5, 0.6) is 0 Å². The Morgan fingerprint density at radius 2 is 1.47 bits per heavy atom. The topological polar surface area (TPSA) is 37.3 Å². The van der Waals surface area contributed by atoms with Crippen molar-refractivity contribution in [3.05, 3.63) is 71.3 Å². The van der Waals surface area contributed by atoms with Crippen LogP contribution in [0.25, 0.3) is 0 Å². The van der Waals surface area contributed by atoms with Gasteiger partial charge in [-0.15, -0.1) is 0 Å². The van der Waals surface area contributed by atoms with Gasteiger partial charge in [0, 0.05) is 5.92 Å². The molecule has 2 unspecified atom stereocenters. The lowest BCUT2D eigenvalue weighted by Gasteiger charge is -2.15. The second kappa shape index (κ2) is 5.70. The van der Waals surface area contributed by atoms with Gasteiger partial charge in [0.2, 0.25) is 0 Å². The third-order valence-corrected chi connectivity index (χ3v) is 3.58. The van der Waals surface area contributed by atoms with E-state index in [0.717, 1.165) is 11.1 Å². The monoisotopic (exact) mass is 254 g/mol. The van der Waals surface area contributed by atoms with Crippen LogP contribution >= 0.6 is 0 Å². The Hall–Kier alpha value is -2.09. The van der Waals surface area contributed by atoms with Gasteiger partial charge in [0.05, 0.1) is 5.92 Å². The largest absolute Gasteiger partial charge is 0.481 e. The Morgan fingerprint density at radius 3 is 2.11 bits per heavy atom. The predicted octanol–water partition coefficient (Wildman–Crippen LogP) is 4.03. The van der Waals surface area contributed by atoms with E-state index in [4.69, 9.17) is 5.11 Å². The lowest BCUT2D eigenvalue weighted by molar-refractivity contribution is -0.138. The molecule has 0 fully saturated rings. The SMILES string of the molecule is CC(C(=O)O)c1cccc(C(C)c2ccccc2)c1. The summed E-state index contributed by atoms with van der Waals surface area (Å²) in [7, 11) is 0. The number of hydrogen-bond donors (Lipinski definition) is 1. The molecule has 2 heteroatoms. The zero-order chi connectivity index (χ0) is 13.8. The molecule has 0 aromatic heterocycles. The van der Waals surface area contributed by atoms with E-state index in [0.29, 0.717) is 0 Å². The molecule has 0 spiro atoms. The summed E-state index contributed by atoms with van der Waals surface area (Å²) in [6, 6.07) is 18.1. The van der Waals surface area contributed by atoms with Crippen LogP contribution in [0.1, 0.15) is 42.4 Å². The van der Waals surface area contributed by atoms with Gasteiger partial charge in [0.1, 0.15) is 0 Å². The second-order valence-corrected chi connectivity index (χ2v) is 4.86. The fourth-order valence-corrected chi connectivity index (χ4v) is 2.17. The Balaban J connectivity index is 2.31. The molecule has 98 valence electrons.